The Bertz CT molecular complexity index is 942. The first kappa shape index (κ1) is 18.0. The summed E-state index contributed by atoms with van der Waals surface area (Å²) in [6.07, 6.45) is 4.88. The highest BCUT2D eigenvalue weighted by Gasteiger charge is 2.22. The van der Waals surface area contributed by atoms with Crippen molar-refractivity contribution in [1.82, 2.24) is 19.2 Å². The van der Waals surface area contributed by atoms with Crippen LogP contribution < -0.4 is 0 Å². The Balaban J connectivity index is 1.35. The van der Waals surface area contributed by atoms with E-state index in [1.54, 1.807) is 0 Å². The highest BCUT2D eigenvalue weighted by molar-refractivity contribution is 6.30. The molecule has 140 valence electrons. The maximum Gasteiger partial charge on any atom is 0.253 e. The first-order valence-corrected chi connectivity index (χ1v) is 9.74. The number of amides is 1. The number of aryl methyl sites for hydroxylation is 1. The molecule has 5 nitrogen and oxygen atoms in total. The SMILES string of the molecule is CCc1ccc(C(=O)N2CCN(Cc3cn4cc(Cl)ccc4n3)CC2)cc1. The zero-order valence-electron chi connectivity index (χ0n) is 15.4. The second-order valence-electron chi connectivity index (χ2n) is 6.96. The predicted molar refractivity (Wildman–Crippen MR) is 107 cm³/mol. The van der Waals surface area contributed by atoms with Gasteiger partial charge in [-0.15, -0.1) is 0 Å². The third-order valence-corrected chi connectivity index (χ3v) is 5.34. The number of fused-ring (bicyclic) bond motifs is 1. The molecule has 0 unspecified atom stereocenters. The van der Waals surface area contributed by atoms with Crippen molar-refractivity contribution < 1.29 is 4.79 Å². The van der Waals surface area contributed by atoms with Gasteiger partial charge >= 0.3 is 0 Å². The summed E-state index contributed by atoms with van der Waals surface area (Å²) >= 11 is 6.04. The number of rotatable bonds is 4. The van der Waals surface area contributed by atoms with Crippen LogP contribution in [0.5, 0.6) is 0 Å². The van der Waals surface area contributed by atoms with Crippen LogP contribution in [0.15, 0.2) is 48.8 Å². The van der Waals surface area contributed by atoms with Crippen molar-refractivity contribution in [2.45, 2.75) is 19.9 Å². The van der Waals surface area contributed by atoms with Crippen LogP contribution in [0, 0.1) is 0 Å². The zero-order valence-corrected chi connectivity index (χ0v) is 16.2. The second kappa shape index (κ2) is 7.71. The molecule has 2 aromatic heterocycles. The summed E-state index contributed by atoms with van der Waals surface area (Å²) in [5.74, 6) is 0.125. The summed E-state index contributed by atoms with van der Waals surface area (Å²) in [5, 5.41) is 0.700. The van der Waals surface area contributed by atoms with Crippen molar-refractivity contribution in [3.63, 3.8) is 0 Å². The van der Waals surface area contributed by atoms with Gasteiger partial charge in [-0.2, -0.15) is 0 Å². The van der Waals surface area contributed by atoms with E-state index in [1.165, 1.54) is 5.56 Å². The summed E-state index contributed by atoms with van der Waals surface area (Å²) in [7, 11) is 0. The molecule has 27 heavy (non-hydrogen) atoms. The van der Waals surface area contributed by atoms with Crippen molar-refractivity contribution in [3.05, 3.63) is 70.6 Å². The first-order chi connectivity index (χ1) is 13.1. The van der Waals surface area contributed by atoms with Crippen LogP contribution in [-0.2, 0) is 13.0 Å². The number of piperazine rings is 1. The Labute approximate surface area is 164 Å². The molecule has 4 rings (SSSR count). The number of imidazole rings is 1. The highest BCUT2D eigenvalue weighted by Crippen LogP contribution is 2.15. The summed E-state index contributed by atoms with van der Waals surface area (Å²) in [4.78, 5) is 21.6. The molecular formula is C21H23ClN4O. The van der Waals surface area contributed by atoms with Gasteiger partial charge < -0.3 is 9.30 Å². The number of pyridine rings is 1. The molecule has 0 aliphatic carbocycles. The van der Waals surface area contributed by atoms with Gasteiger partial charge in [-0.05, 0) is 36.2 Å². The molecule has 3 aromatic rings. The van der Waals surface area contributed by atoms with Crippen molar-refractivity contribution >= 4 is 23.2 Å². The van der Waals surface area contributed by atoms with Gasteiger partial charge in [-0.3, -0.25) is 9.69 Å². The number of aromatic nitrogens is 2. The summed E-state index contributed by atoms with van der Waals surface area (Å²) in [6, 6.07) is 11.7. The third-order valence-electron chi connectivity index (χ3n) is 5.12. The first-order valence-electron chi connectivity index (χ1n) is 9.36. The molecule has 0 bridgehead atoms. The number of benzene rings is 1. The van der Waals surface area contributed by atoms with E-state index in [1.807, 2.05) is 58.1 Å². The van der Waals surface area contributed by atoms with Crippen molar-refractivity contribution in [1.29, 1.82) is 0 Å². The number of carbonyl (C=O) groups is 1. The Kier molecular flexibility index (Phi) is 5.14. The van der Waals surface area contributed by atoms with Crippen LogP contribution >= 0.6 is 11.6 Å². The van der Waals surface area contributed by atoms with Gasteiger partial charge in [0.1, 0.15) is 5.65 Å². The molecular weight excluding hydrogens is 360 g/mol. The molecule has 3 heterocycles. The van der Waals surface area contributed by atoms with E-state index in [4.69, 9.17) is 11.6 Å². The van der Waals surface area contributed by atoms with Crippen molar-refractivity contribution in [3.8, 4) is 0 Å². The Hall–Kier alpha value is -2.37. The minimum absolute atomic E-state index is 0.125. The van der Waals surface area contributed by atoms with Gasteiger partial charge in [0, 0.05) is 50.7 Å². The van der Waals surface area contributed by atoms with E-state index in [0.29, 0.717) is 5.02 Å². The van der Waals surface area contributed by atoms with Crippen molar-refractivity contribution in [2.75, 3.05) is 26.2 Å². The molecule has 0 N–H and O–H groups in total. The van der Waals surface area contributed by atoms with Crippen molar-refractivity contribution in [2.24, 2.45) is 0 Å². The predicted octanol–water partition coefficient (Wildman–Crippen LogP) is 3.51. The second-order valence-corrected chi connectivity index (χ2v) is 7.40. The Morgan fingerprint density at radius 2 is 1.78 bits per heavy atom. The molecule has 1 aliphatic rings. The molecule has 0 saturated carbocycles. The van der Waals surface area contributed by atoms with Crippen LogP contribution in [0.25, 0.3) is 5.65 Å². The van der Waals surface area contributed by atoms with Crippen LogP contribution in [-0.4, -0.2) is 51.3 Å². The van der Waals surface area contributed by atoms with E-state index in [9.17, 15) is 4.79 Å². The van der Waals surface area contributed by atoms with E-state index in [2.05, 4.69) is 16.8 Å². The summed E-state index contributed by atoms with van der Waals surface area (Å²) in [5.41, 5.74) is 3.95. The lowest BCUT2D eigenvalue weighted by Crippen LogP contribution is -2.48. The fraction of sp³-hybridized carbons (Fsp3) is 0.333. The fourth-order valence-corrected chi connectivity index (χ4v) is 3.67. The van der Waals surface area contributed by atoms with E-state index >= 15 is 0 Å². The zero-order chi connectivity index (χ0) is 18.8. The Morgan fingerprint density at radius 1 is 1.04 bits per heavy atom. The third kappa shape index (κ3) is 3.99. The lowest BCUT2D eigenvalue weighted by Gasteiger charge is -2.34. The number of hydrogen-bond acceptors (Lipinski definition) is 3. The fourth-order valence-electron chi connectivity index (χ4n) is 3.50. The molecule has 1 aliphatic heterocycles. The molecule has 1 fully saturated rings. The van der Waals surface area contributed by atoms with E-state index in [0.717, 1.165) is 56.0 Å². The lowest BCUT2D eigenvalue weighted by molar-refractivity contribution is 0.0627. The largest absolute Gasteiger partial charge is 0.336 e. The summed E-state index contributed by atoms with van der Waals surface area (Å²) in [6.45, 7) is 6.10. The number of halogens is 1. The molecule has 1 aromatic carbocycles. The van der Waals surface area contributed by atoms with Gasteiger partial charge in [0.25, 0.3) is 5.91 Å². The number of nitrogens with zero attached hydrogens (tertiary/aromatic N) is 4. The lowest BCUT2D eigenvalue weighted by atomic mass is 10.1. The maximum absolute atomic E-state index is 12.7. The topological polar surface area (TPSA) is 40.9 Å². The summed E-state index contributed by atoms with van der Waals surface area (Å²) < 4.78 is 1.96. The van der Waals surface area contributed by atoms with Crippen LogP contribution in [0.3, 0.4) is 0 Å². The minimum Gasteiger partial charge on any atom is -0.336 e. The Morgan fingerprint density at radius 3 is 2.48 bits per heavy atom. The van der Waals surface area contributed by atoms with Gasteiger partial charge in [-0.1, -0.05) is 30.7 Å². The maximum atomic E-state index is 12.7. The monoisotopic (exact) mass is 382 g/mol. The quantitative estimate of drug-likeness (QED) is 0.693. The minimum atomic E-state index is 0.125. The van der Waals surface area contributed by atoms with Crippen LogP contribution in [0.1, 0.15) is 28.5 Å². The molecule has 0 spiro atoms. The number of hydrogen-bond donors (Lipinski definition) is 0. The van der Waals surface area contributed by atoms with E-state index in [-0.39, 0.29) is 5.91 Å². The average molecular weight is 383 g/mol. The smallest absolute Gasteiger partial charge is 0.253 e. The highest BCUT2D eigenvalue weighted by atomic mass is 35.5. The number of carbonyl (C=O) groups excluding carboxylic acids is 1. The van der Waals surface area contributed by atoms with Gasteiger partial charge in [0.2, 0.25) is 0 Å². The standard InChI is InChI=1S/C21H23ClN4O/c1-2-16-3-5-17(6-4-16)21(27)25-11-9-24(10-12-25)14-19-15-26-13-18(22)7-8-20(26)23-19/h3-8,13,15H,2,9-12,14H2,1H3. The van der Waals surface area contributed by atoms with Crippen LogP contribution in [0.2, 0.25) is 5.02 Å². The normalized spacial score (nSPS) is 15.4. The van der Waals surface area contributed by atoms with Gasteiger partial charge in [-0.25, -0.2) is 4.98 Å². The molecule has 0 atom stereocenters. The van der Waals surface area contributed by atoms with Gasteiger partial charge in [0.05, 0.1) is 10.7 Å². The molecule has 1 saturated heterocycles. The van der Waals surface area contributed by atoms with Crippen LogP contribution in [0.4, 0.5) is 0 Å². The van der Waals surface area contributed by atoms with E-state index < -0.39 is 0 Å². The molecule has 1 amide bonds. The van der Waals surface area contributed by atoms with Gasteiger partial charge in [0.15, 0.2) is 0 Å². The average Bonchev–Trinajstić information content (AvgIpc) is 3.09. The molecule has 0 radical (unpaired) electrons. The molecule has 6 heteroatoms.